The van der Waals surface area contributed by atoms with Crippen LogP contribution in [0, 0.1) is 11.7 Å². The first kappa shape index (κ1) is 14.3. The summed E-state index contributed by atoms with van der Waals surface area (Å²) in [4.78, 5) is 0. The fourth-order valence-corrected chi connectivity index (χ4v) is 2.91. The van der Waals surface area contributed by atoms with Crippen molar-refractivity contribution in [2.45, 2.75) is 51.6 Å². The highest BCUT2D eigenvalue weighted by Gasteiger charge is 2.21. The van der Waals surface area contributed by atoms with Crippen LogP contribution >= 0.6 is 0 Å². The third kappa shape index (κ3) is 3.69. The maximum Gasteiger partial charge on any atom is 0.123 e. The van der Waals surface area contributed by atoms with E-state index in [1.807, 2.05) is 0 Å². The van der Waals surface area contributed by atoms with Gasteiger partial charge < -0.3 is 10.1 Å². The Hall–Kier alpha value is -1.09. The van der Waals surface area contributed by atoms with Crippen molar-refractivity contribution in [2.75, 3.05) is 7.11 Å². The third-order valence-electron chi connectivity index (χ3n) is 4.16. The number of nitrogens with one attached hydrogen (secondary N) is 1. The zero-order valence-electron chi connectivity index (χ0n) is 12.1. The lowest BCUT2D eigenvalue weighted by Crippen LogP contribution is -2.34. The predicted molar refractivity (Wildman–Crippen MR) is 75.9 cm³/mol. The van der Waals surface area contributed by atoms with Gasteiger partial charge >= 0.3 is 0 Å². The molecule has 1 atom stereocenters. The SMILES string of the molecule is COc1ccc(F)cc1C(C)NC1CCC(C)CC1. The minimum atomic E-state index is -0.207. The van der Waals surface area contributed by atoms with Gasteiger partial charge in [-0.15, -0.1) is 0 Å². The molecule has 106 valence electrons. The average Bonchev–Trinajstić information content (AvgIpc) is 2.41. The molecule has 1 aliphatic rings. The lowest BCUT2D eigenvalue weighted by Gasteiger charge is -2.30. The number of rotatable bonds is 4. The van der Waals surface area contributed by atoms with Crippen molar-refractivity contribution in [1.29, 1.82) is 0 Å². The Morgan fingerprint density at radius 3 is 2.58 bits per heavy atom. The number of hydrogen-bond donors (Lipinski definition) is 1. The van der Waals surface area contributed by atoms with Crippen LogP contribution in [0.1, 0.15) is 51.1 Å². The monoisotopic (exact) mass is 265 g/mol. The van der Waals surface area contributed by atoms with Crippen LogP contribution in [0.5, 0.6) is 5.75 Å². The molecule has 2 nitrogen and oxygen atoms in total. The summed E-state index contributed by atoms with van der Waals surface area (Å²) in [6, 6.07) is 5.37. The summed E-state index contributed by atoms with van der Waals surface area (Å²) in [7, 11) is 1.63. The maximum atomic E-state index is 13.4. The van der Waals surface area contributed by atoms with Crippen LogP contribution in [0.25, 0.3) is 0 Å². The first-order valence-electron chi connectivity index (χ1n) is 7.19. The van der Waals surface area contributed by atoms with Crippen LogP contribution in [0.15, 0.2) is 18.2 Å². The molecule has 3 heteroatoms. The second-order valence-corrected chi connectivity index (χ2v) is 5.73. The van der Waals surface area contributed by atoms with Gasteiger partial charge in [-0.25, -0.2) is 4.39 Å². The Kier molecular flexibility index (Phi) is 4.81. The molecule has 2 rings (SSSR count). The van der Waals surface area contributed by atoms with Gasteiger partial charge in [-0.3, -0.25) is 0 Å². The van der Waals surface area contributed by atoms with E-state index in [4.69, 9.17) is 4.74 Å². The van der Waals surface area contributed by atoms with Crippen molar-refractivity contribution in [3.63, 3.8) is 0 Å². The van der Waals surface area contributed by atoms with E-state index in [0.29, 0.717) is 6.04 Å². The van der Waals surface area contributed by atoms with Gasteiger partial charge in [0.15, 0.2) is 0 Å². The lowest BCUT2D eigenvalue weighted by molar-refractivity contribution is 0.289. The molecule has 0 heterocycles. The Balaban J connectivity index is 2.03. The van der Waals surface area contributed by atoms with E-state index in [1.165, 1.54) is 31.7 Å². The van der Waals surface area contributed by atoms with Crippen LogP contribution in [0.4, 0.5) is 4.39 Å². The van der Waals surface area contributed by atoms with Crippen LogP contribution in [-0.4, -0.2) is 13.2 Å². The second kappa shape index (κ2) is 6.38. The fourth-order valence-electron chi connectivity index (χ4n) is 2.91. The number of benzene rings is 1. The van der Waals surface area contributed by atoms with Crippen molar-refractivity contribution in [1.82, 2.24) is 5.32 Å². The highest BCUT2D eigenvalue weighted by molar-refractivity contribution is 5.36. The van der Waals surface area contributed by atoms with Crippen LogP contribution < -0.4 is 10.1 Å². The second-order valence-electron chi connectivity index (χ2n) is 5.73. The molecule has 0 radical (unpaired) electrons. The summed E-state index contributed by atoms with van der Waals surface area (Å²) in [5.41, 5.74) is 0.904. The highest BCUT2D eigenvalue weighted by Crippen LogP contribution is 2.29. The first-order chi connectivity index (χ1) is 9.10. The third-order valence-corrected chi connectivity index (χ3v) is 4.16. The van der Waals surface area contributed by atoms with Crippen molar-refractivity contribution in [3.05, 3.63) is 29.6 Å². The van der Waals surface area contributed by atoms with E-state index in [1.54, 1.807) is 19.2 Å². The first-order valence-corrected chi connectivity index (χ1v) is 7.19. The van der Waals surface area contributed by atoms with Crippen molar-refractivity contribution >= 4 is 0 Å². The molecule has 1 aliphatic carbocycles. The Labute approximate surface area is 115 Å². The maximum absolute atomic E-state index is 13.4. The van der Waals surface area contributed by atoms with Gasteiger partial charge in [-0.2, -0.15) is 0 Å². The number of hydrogen-bond acceptors (Lipinski definition) is 2. The molecule has 1 aromatic rings. The summed E-state index contributed by atoms with van der Waals surface area (Å²) < 4.78 is 18.7. The quantitative estimate of drug-likeness (QED) is 0.886. The van der Waals surface area contributed by atoms with Gasteiger partial charge in [0.1, 0.15) is 11.6 Å². The van der Waals surface area contributed by atoms with E-state index in [9.17, 15) is 4.39 Å². The molecule has 0 bridgehead atoms. The smallest absolute Gasteiger partial charge is 0.123 e. The molecule has 19 heavy (non-hydrogen) atoms. The molecular weight excluding hydrogens is 241 g/mol. The van der Waals surface area contributed by atoms with E-state index in [2.05, 4.69) is 19.2 Å². The standard InChI is InChI=1S/C16H24FNO/c1-11-4-7-14(8-5-11)18-12(2)15-10-13(17)6-9-16(15)19-3/h6,9-12,14,18H,4-5,7-8H2,1-3H3. The Morgan fingerprint density at radius 2 is 1.95 bits per heavy atom. The number of methoxy groups -OCH3 is 1. The molecular formula is C16H24FNO. The molecule has 0 amide bonds. The summed E-state index contributed by atoms with van der Waals surface area (Å²) in [5, 5.41) is 3.61. The molecule has 1 aromatic carbocycles. The largest absolute Gasteiger partial charge is 0.496 e. The summed E-state index contributed by atoms with van der Waals surface area (Å²) in [6.45, 7) is 4.39. The molecule has 0 saturated heterocycles. The van der Waals surface area contributed by atoms with E-state index < -0.39 is 0 Å². The minimum Gasteiger partial charge on any atom is -0.496 e. The van der Waals surface area contributed by atoms with Crippen LogP contribution in [0.2, 0.25) is 0 Å². The Morgan fingerprint density at radius 1 is 1.26 bits per heavy atom. The summed E-state index contributed by atoms with van der Waals surface area (Å²) in [5.74, 6) is 1.39. The molecule has 1 unspecified atom stereocenters. The summed E-state index contributed by atoms with van der Waals surface area (Å²) in [6.07, 6.45) is 4.99. The number of ether oxygens (including phenoxy) is 1. The van der Waals surface area contributed by atoms with Crippen LogP contribution in [0.3, 0.4) is 0 Å². The topological polar surface area (TPSA) is 21.3 Å². The van der Waals surface area contributed by atoms with E-state index in [-0.39, 0.29) is 11.9 Å². The lowest BCUT2D eigenvalue weighted by atomic mass is 9.87. The van der Waals surface area contributed by atoms with Gasteiger partial charge in [0.05, 0.1) is 7.11 Å². The van der Waals surface area contributed by atoms with Crippen molar-refractivity contribution in [3.8, 4) is 5.75 Å². The number of halogens is 1. The molecule has 0 spiro atoms. The molecule has 1 fully saturated rings. The normalized spacial score (nSPS) is 25.1. The fraction of sp³-hybridized carbons (Fsp3) is 0.625. The van der Waals surface area contributed by atoms with Crippen molar-refractivity contribution in [2.24, 2.45) is 5.92 Å². The molecule has 1 saturated carbocycles. The summed E-state index contributed by atoms with van der Waals surface area (Å²) >= 11 is 0. The van der Waals surface area contributed by atoms with Gasteiger partial charge in [0.2, 0.25) is 0 Å². The average molecular weight is 265 g/mol. The highest BCUT2D eigenvalue weighted by atomic mass is 19.1. The molecule has 0 aliphatic heterocycles. The zero-order valence-corrected chi connectivity index (χ0v) is 12.1. The molecule has 0 aromatic heterocycles. The van der Waals surface area contributed by atoms with Crippen molar-refractivity contribution < 1.29 is 9.13 Å². The zero-order chi connectivity index (χ0) is 13.8. The Bertz CT molecular complexity index is 413. The molecule has 1 N–H and O–H groups in total. The van der Waals surface area contributed by atoms with Crippen LogP contribution in [-0.2, 0) is 0 Å². The van der Waals surface area contributed by atoms with E-state index >= 15 is 0 Å². The minimum absolute atomic E-state index is 0.115. The predicted octanol–water partition coefficient (Wildman–Crippen LogP) is 4.06. The van der Waals surface area contributed by atoms with Gasteiger partial charge in [-0.05, 0) is 56.7 Å². The van der Waals surface area contributed by atoms with Gasteiger partial charge in [0.25, 0.3) is 0 Å². The van der Waals surface area contributed by atoms with Gasteiger partial charge in [-0.1, -0.05) is 6.92 Å². The van der Waals surface area contributed by atoms with Gasteiger partial charge in [0, 0.05) is 17.6 Å². The van der Waals surface area contributed by atoms with E-state index in [0.717, 1.165) is 17.2 Å².